The van der Waals surface area contributed by atoms with Crippen LogP contribution >= 0.6 is 0 Å². The van der Waals surface area contributed by atoms with Crippen molar-refractivity contribution in [2.24, 2.45) is 0 Å². The Hall–Kier alpha value is -2.98. The summed E-state index contributed by atoms with van der Waals surface area (Å²) in [6, 6.07) is 10.4. The SMILES string of the molecule is COc1ccc(NC(=O)/C=C/c2ccc(S(=O)(=O)N3CCCCCC3)cc2)cc1OC(F)F. The molecule has 1 aliphatic heterocycles. The Balaban J connectivity index is 1.64. The van der Waals surface area contributed by atoms with Crippen molar-refractivity contribution in [1.82, 2.24) is 4.31 Å². The van der Waals surface area contributed by atoms with Crippen LogP contribution in [0.5, 0.6) is 11.5 Å². The first-order valence-corrected chi connectivity index (χ1v) is 12.0. The van der Waals surface area contributed by atoms with Crippen LogP contribution in [0.15, 0.2) is 53.4 Å². The molecule has 0 radical (unpaired) electrons. The standard InChI is InChI=1S/C23H26F2N2O5S/c1-31-20-12-9-18(16-21(20)32-23(24)25)26-22(28)13-8-17-6-10-19(11-7-17)33(29,30)27-14-4-2-3-5-15-27/h6-13,16,23H,2-5,14-15H2,1H3,(H,26,28)/b13-8+. The first-order valence-electron chi connectivity index (χ1n) is 10.5. The third-order valence-corrected chi connectivity index (χ3v) is 7.07. The van der Waals surface area contributed by atoms with E-state index < -0.39 is 22.5 Å². The van der Waals surface area contributed by atoms with E-state index in [9.17, 15) is 22.0 Å². The van der Waals surface area contributed by atoms with Crippen LogP contribution in [0.25, 0.3) is 6.08 Å². The Kier molecular flexibility index (Phi) is 8.40. The van der Waals surface area contributed by atoms with E-state index in [0.717, 1.165) is 25.7 Å². The van der Waals surface area contributed by atoms with E-state index in [1.54, 1.807) is 12.1 Å². The average molecular weight is 481 g/mol. The number of hydrogen-bond acceptors (Lipinski definition) is 5. The number of nitrogens with one attached hydrogen (secondary N) is 1. The molecule has 0 unspecified atom stereocenters. The number of rotatable bonds is 8. The summed E-state index contributed by atoms with van der Waals surface area (Å²) >= 11 is 0. The van der Waals surface area contributed by atoms with E-state index in [1.807, 2.05) is 0 Å². The molecule has 1 amide bonds. The number of ether oxygens (including phenoxy) is 2. The molecule has 10 heteroatoms. The molecule has 0 aromatic heterocycles. The maximum atomic E-state index is 12.8. The number of alkyl halides is 2. The summed E-state index contributed by atoms with van der Waals surface area (Å²) in [6.07, 6.45) is 6.58. The molecule has 1 fully saturated rings. The third kappa shape index (κ3) is 6.75. The highest BCUT2D eigenvalue weighted by molar-refractivity contribution is 7.89. The van der Waals surface area contributed by atoms with Crippen LogP contribution in [0.3, 0.4) is 0 Å². The summed E-state index contributed by atoms with van der Waals surface area (Å²) in [5.74, 6) is -0.584. The second-order valence-electron chi connectivity index (χ2n) is 7.45. The quantitative estimate of drug-likeness (QED) is 0.562. The molecule has 0 aliphatic carbocycles. The highest BCUT2D eigenvalue weighted by Gasteiger charge is 2.24. The molecule has 1 saturated heterocycles. The first-order chi connectivity index (χ1) is 15.8. The molecule has 178 valence electrons. The number of methoxy groups -OCH3 is 1. The molecule has 7 nitrogen and oxygen atoms in total. The van der Waals surface area contributed by atoms with E-state index in [2.05, 4.69) is 10.1 Å². The van der Waals surface area contributed by atoms with Gasteiger partial charge in [0.1, 0.15) is 0 Å². The predicted molar refractivity (Wildman–Crippen MR) is 121 cm³/mol. The second kappa shape index (κ2) is 11.2. The molecule has 0 spiro atoms. The van der Waals surface area contributed by atoms with Gasteiger partial charge in [-0.2, -0.15) is 13.1 Å². The topological polar surface area (TPSA) is 84.9 Å². The van der Waals surface area contributed by atoms with Crippen LogP contribution in [0.2, 0.25) is 0 Å². The molecule has 0 atom stereocenters. The van der Waals surface area contributed by atoms with Gasteiger partial charge in [-0.3, -0.25) is 4.79 Å². The molecular weight excluding hydrogens is 454 g/mol. The van der Waals surface area contributed by atoms with E-state index in [-0.39, 0.29) is 22.1 Å². The van der Waals surface area contributed by atoms with Crippen LogP contribution in [0, 0.1) is 0 Å². The fraction of sp³-hybridized carbons (Fsp3) is 0.348. The summed E-state index contributed by atoms with van der Waals surface area (Å²) in [6.45, 7) is -1.98. The lowest BCUT2D eigenvalue weighted by molar-refractivity contribution is -0.111. The van der Waals surface area contributed by atoms with E-state index >= 15 is 0 Å². The van der Waals surface area contributed by atoms with Gasteiger partial charge >= 0.3 is 6.61 Å². The highest BCUT2D eigenvalue weighted by atomic mass is 32.2. The van der Waals surface area contributed by atoms with Gasteiger partial charge in [0.15, 0.2) is 11.5 Å². The van der Waals surface area contributed by atoms with Crippen molar-refractivity contribution in [3.8, 4) is 11.5 Å². The normalized spacial score (nSPS) is 15.4. The van der Waals surface area contributed by atoms with Crippen LogP contribution in [-0.4, -0.2) is 45.4 Å². The summed E-state index contributed by atoms with van der Waals surface area (Å²) < 4.78 is 61.7. The van der Waals surface area contributed by atoms with Crippen molar-refractivity contribution < 1.29 is 31.5 Å². The molecule has 2 aromatic carbocycles. The fourth-order valence-corrected chi connectivity index (χ4v) is 5.00. The van der Waals surface area contributed by atoms with Crippen LogP contribution in [0.4, 0.5) is 14.5 Å². The minimum absolute atomic E-state index is 0.110. The number of carbonyl (C=O) groups is 1. The Bertz CT molecular complexity index is 1080. The van der Waals surface area contributed by atoms with Gasteiger partial charge in [0.05, 0.1) is 12.0 Å². The molecule has 1 aliphatic rings. The van der Waals surface area contributed by atoms with Gasteiger partial charge < -0.3 is 14.8 Å². The lowest BCUT2D eigenvalue weighted by Gasteiger charge is -2.19. The van der Waals surface area contributed by atoms with Gasteiger partial charge in [0, 0.05) is 30.9 Å². The van der Waals surface area contributed by atoms with E-state index in [0.29, 0.717) is 18.7 Å². The van der Waals surface area contributed by atoms with Gasteiger partial charge in [0.2, 0.25) is 15.9 Å². The van der Waals surface area contributed by atoms with Crippen molar-refractivity contribution >= 4 is 27.7 Å². The molecule has 2 aromatic rings. The molecular formula is C23H26F2N2O5S. The average Bonchev–Trinajstić information content (AvgIpc) is 3.08. The van der Waals surface area contributed by atoms with Crippen molar-refractivity contribution in [1.29, 1.82) is 0 Å². The Morgan fingerprint density at radius 1 is 1.03 bits per heavy atom. The number of hydrogen-bond donors (Lipinski definition) is 1. The number of halogens is 2. The summed E-state index contributed by atoms with van der Waals surface area (Å²) in [7, 11) is -2.22. The van der Waals surface area contributed by atoms with Gasteiger partial charge in [-0.25, -0.2) is 8.42 Å². The Morgan fingerprint density at radius 2 is 1.70 bits per heavy atom. The molecule has 1 N–H and O–H groups in total. The molecule has 3 rings (SSSR count). The zero-order chi connectivity index (χ0) is 23.8. The number of carbonyl (C=O) groups excluding carboxylic acids is 1. The summed E-state index contributed by atoms with van der Waals surface area (Å²) in [5.41, 5.74) is 0.886. The minimum Gasteiger partial charge on any atom is -0.493 e. The van der Waals surface area contributed by atoms with Crippen molar-refractivity contribution in [2.45, 2.75) is 37.2 Å². The Labute approximate surface area is 192 Å². The van der Waals surface area contributed by atoms with E-state index in [4.69, 9.17) is 4.74 Å². The maximum absolute atomic E-state index is 12.8. The highest BCUT2D eigenvalue weighted by Crippen LogP contribution is 2.31. The maximum Gasteiger partial charge on any atom is 0.387 e. The van der Waals surface area contributed by atoms with E-state index in [1.165, 1.54) is 53.9 Å². The summed E-state index contributed by atoms with van der Waals surface area (Å²) in [4.78, 5) is 12.4. The molecule has 1 heterocycles. The van der Waals surface area contributed by atoms with Crippen LogP contribution < -0.4 is 14.8 Å². The number of anilines is 1. The van der Waals surface area contributed by atoms with Crippen molar-refractivity contribution in [2.75, 3.05) is 25.5 Å². The second-order valence-corrected chi connectivity index (χ2v) is 9.39. The number of sulfonamides is 1. The Morgan fingerprint density at radius 3 is 2.30 bits per heavy atom. The summed E-state index contributed by atoms with van der Waals surface area (Å²) in [5, 5.41) is 2.55. The lowest BCUT2D eigenvalue weighted by Crippen LogP contribution is -2.31. The van der Waals surface area contributed by atoms with Gasteiger partial charge in [-0.15, -0.1) is 0 Å². The molecule has 0 bridgehead atoms. The molecule has 33 heavy (non-hydrogen) atoms. The van der Waals surface area contributed by atoms with Crippen LogP contribution in [0.1, 0.15) is 31.2 Å². The largest absolute Gasteiger partial charge is 0.493 e. The van der Waals surface area contributed by atoms with Crippen molar-refractivity contribution in [3.63, 3.8) is 0 Å². The van der Waals surface area contributed by atoms with Gasteiger partial charge in [0.25, 0.3) is 0 Å². The predicted octanol–water partition coefficient (Wildman–Crippen LogP) is 4.51. The van der Waals surface area contributed by atoms with Crippen LogP contribution in [-0.2, 0) is 14.8 Å². The monoisotopic (exact) mass is 480 g/mol. The van der Waals surface area contributed by atoms with Crippen molar-refractivity contribution in [3.05, 3.63) is 54.1 Å². The fourth-order valence-electron chi connectivity index (χ4n) is 3.48. The zero-order valence-electron chi connectivity index (χ0n) is 18.2. The third-order valence-electron chi connectivity index (χ3n) is 5.16. The molecule has 0 saturated carbocycles. The lowest BCUT2D eigenvalue weighted by atomic mass is 10.2. The van der Waals surface area contributed by atoms with Gasteiger partial charge in [-0.1, -0.05) is 25.0 Å². The number of benzene rings is 2. The number of amides is 1. The van der Waals surface area contributed by atoms with Gasteiger partial charge in [-0.05, 0) is 48.7 Å². The minimum atomic E-state index is -3.54. The smallest absolute Gasteiger partial charge is 0.387 e. The zero-order valence-corrected chi connectivity index (χ0v) is 19.0. The number of nitrogens with zero attached hydrogens (tertiary/aromatic N) is 1. The first kappa shape index (κ1) is 24.7.